The first-order chi connectivity index (χ1) is 10.7. The van der Waals surface area contributed by atoms with Crippen LogP contribution >= 0.6 is 0 Å². The number of para-hydroxylation sites is 1. The Morgan fingerprint density at radius 2 is 1.77 bits per heavy atom. The van der Waals surface area contributed by atoms with Crippen LogP contribution in [0.15, 0.2) is 30.3 Å². The zero-order chi connectivity index (χ0) is 15.7. The van der Waals surface area contributed by atoms with Crippen molar-refractivity contribution in [3.8, 4) is 28.7 Å². The summed E-state index contributed by atoms with van der Waals surface area (Å²) in [5.41, 5.74) is 1.67. The van der Waals surface area contributed by atoms with E-state index >= 15 is 0 Å². The molecule has 2 aromatic rings. The molecule has 0 amide bonds. The first-order valence-electron chi connectivity index (χ1n) is 6.99. The van der Waals surface area contributed by atoms with Crippen molar-refractivity contribution >= 4 is 0 Å². The molecule has 2 aromatic carbocycles. The van der Waals surface area contributed by atoms with Gasteiger partial charge in [-0.05, 0) is 12.1 Å². The Kier molecular flexibility index (Phi) is 3.71. The Balaban J connectivity index is 2.06. The zero-order valence-corrected chi connectivity index (χ0v) is 12.8. The number of phenols is 1. The summed E-state index contributed by atoms with van der Waals surface area (Å²) < 4.78 is 21.5. The highest BCUT2D eigenvalue weighted by molar-refractivity contribution is 5.57. The van der Waals surface area contributed by atoms with Gasteiger partial charge in [0, 0.05) is 23.1 Å². The molecule has 0 radical (unpaired) electrons. The number of fused-ring (bicyclic) bond motifs is 1. The largest absolute Gasteiger partial charge is 0.508 e. The van der Waals surface area contributed by atoms with Crippen molar-refractivity contribution in [3.05, 3.63) is 41.5 Å². The third-order valence-electron chi connectivity index (χ3n) is 3.89. The molecule has 3 rings (SSSR count). The standard InChI is InChI=1S/C17H18O5/c1-10(11-5-4-6-14(19-2)17(11)20-3)12-7-15-16(8-13(12)18)22-9-21-15/h4-8,10,18H,9H2,1-3H3. The Hall–Kier alpha value is -2.56. The van der Waals surface area contributed by atoms with Crippen LogP contribution in [0.25, 0.3) is 0 Å². The zero-order valence-electron chi connectivity index (χ0n) is 12.8. The van der Waals surface area contributed by atoms with Crippen LogP contribution in [-0.4, -0.2) is 26.1 Å². The van der Waals surface area contributed by atoms with Gasteiger partial charge in [0.1, 0.15) is 5.75 Å². The number of aromatic hydroxyl groups is 1. The molecule has 0 saturated heterocycles. The van der Waals surface area contributed by atoms with Gasteiger partial charge in [0.2, 0.25) is 6.79 Å². The number of benzene rings is 2. The molecule has 1 N–H and O–H groups in total. The van der Waals surface area contributed by atoms with Crippen molar-refractivity contribution in [3.63, 3.8) is 0 Å². The molecule has 0 aromatic heterocycles. The number of ether oxygens (including phenoxy) is 4. The summed E-state index contributed by atoms with van der Waals surface area (Å²) in [6.07, 6.45) is 0. The lowest BCUT2D eigenvalue weighted by atomic mass is 9.91. The van der Waals surface area contributed by atoms with Gasteiger partial charge in [0.25, 0.3) is 0 Å². The van der Waals surface area contributed by atoms with Crippen molar-refractivity contribution in [2.24, 2.45) is 0 Å². The van der Waals surface area contributed by atoms with Crippen molar-refractivity contribution < 1.29 is 24.1 Å². The summed E-state index contributed by atoms with van der Waals surface area (Å²) in [6, 6.07) is 9.09. The van der Waals surface area contributed by atoms with E-state index in [1.807, 2.05) is 25.1 Å². The summed E-state index contributed by atoms with van der Waals surface area (Å²) in [7, 11) is 3.21. The number of hydrogen-bond donors (Lipinski definition) is 1. The van der Waals surface area contributed by atoms with Crippen LogP contribution in [0, 0.1) is 0 Å². The fraction of sp³-hybridized carbons (Fsp3) is 0.294. The normalized spacial score (nSPS) is 13.8. The maximum atomic E-state index is 10.3. The minimum absolute atomic E-state index is 0.0976. The van der Waals surface area contributed by atoms with Gasteiger partial charge in [-0.1, -0.05) is 19.1 Å². The Bertz CT molecular complexity index is 696. The fourth-order valence-electron chi connectivity index (χ4n) is 2.71. The molecule has 5 nitrogen and oxygen atoms in total. The van der Waals surface area contributed by atoms with Gasteiger partial charge in [-0.2, -0.15) is 0 Å². The lowest BCUT2D eigenvalue weighted by Crippen LogP contribution is -2.02. The van der Waals surface area contributed by atoms with E-state index in [0.29, 0.717) is 23.0 Å². The molecular weight excluding hydrogens is 284 g/mol. The number of rotatable bonds is 4. The molecule has 1 aliphatic rings. The SMILES string of the molecule is COc1cccc(C(C)c2cc3c(cc2O)OCO3)c1OC. The van der Waals surface area contributed by atoms with E-state index in [4.69, 9.17) is 18.9 Å². The highest BCUT2D eigenvalue weighted by atomic mass is 16.7. The Morgan fingerprint density at radius 1 is 1.05 bits per heavy atom. The van der Waals surface area contributed by atoms with Crippen LogP contribution in [0.3, 0.4) is 0 Å². The summed E-state index contributed by atoms with van der Waals surface area (Å²) in [6.45, 7) is 2.17. The predicted molar refractivity (Wildman–Crippen MR) is 81.3 cm³/mol. The first kappa shape index (κ1) is 14.4. The Labute approximate surface area is 129 Å². The second-order valence-electron chi connectivity index (χ2n) is 5.07. The molecule has 1 atom stereocenters. The Morgan fingerprint density at radius 3 is 2.45 bits per heavy atom. The van der Waals surface area contributed by atoms with E-state index < -0.39 is 0 Å². The first-order valence-corrected chi connectivity index (χ1v) is 6.99. The summed E-state index contributed by atoms with van der Waals surface area (Å²) in [4.78, 5) is 0. The summed E-state index contributed by atoms with van der Waals surface area (Å²) in [5, 5.41) is 10.3. The highest BCUT2D eigenvalue weighted by Gasteiger charge is 2.23. The third kappa shape index (κ3) is 2.28. The van der Waals surface area contributed by atoms with E-state index in [1.165, 1.54) is 0 Å². The van der Waals surface area contributed by atoms with Crippen LogP contribution in [0.1, 0.15) is 24.0 Å². The molecule has 0 aliphatic carbocycles. The van der Waals surface area contributed by atoms with E-state index in [2.05, 4.69) is 0 Å². The van der Waals surface area contributed by atoms with E-state index in [9.17, 15) is 5.11 Å². The highest BCUT2D eigenvalue weighted by Crippen LogP contribution is 2.44. The second-order valence-corrected chi connectivity index (χ2v) is 5.07. The monoisotopic (exact) mass is 302 g/mol. The van der Waals surface area contributed by atoms with Gasteiger partial charge < -0.3 is 24.1 Å². The molecular formula is C17H18O5. The van der Waals surface area contributed by atoms with E-state index in [-0.39, 0.29) is 18.5 Å². The van der Waals surface area contributed by atoms with Gasteiger partial charge in [-0.3, -0.25) is 0 Å². The molecule has 1 unspecified atom stereocenters. The summed E-state index contributed by atoms with van der Waals surface area (Å²) >= 11 is 0. The molecule has 0 spiro atoms. The van der Waals surface area contributed by atoms with Crippen molar-refractivity contribution in [2.45, 2.75) is 12.8 Å². The van der Waals surface area contributed by atoms with Gasteiger partial charge >= 0.3 is 0 Å². The maximum Gasteiger partial charge on any atom is 0.231 e. The minimum Gasteiger partial charge on any atom is -0.508 e. The topological polar surface area (TPSA) is 57.2 Å². The van der Waals surface area contributed by atoms with Crippen LogP contribution < -0.4 is 18.9 Å². The van der Waals surface area contributed by atoms with Crippen LogP contribution in [0.2, 0.25) is 0 Å². The molecule has 0 saturated carbocycles. The molecule has 116 valence electrons. The molecule has 1 heterocycles. The number of methoxy groups -OCH3 is 2. The van der Waals surface area contributed by atoms with Gasteiger partial charge in [0.15, 0.2) is 23.0 Å². The minimum atomic E-state index is -0.0976. The van der Waals surface area contributed by atoms with Crippen molar-refractivity contribution in [1.29, 1.82) is 0 Å². The van der Waals surface area contributed by atoms with Gasteiger partial charge in [0.05, 0.1) is 14.2 Å². The lowest BCUT2D eigenvalue weighted by Gasteiger charge is -2.19. The molecule has 1 aliphatic heterocycles. The third-order valence-corrected chi connectivity index (χ3v) is 3.89. The average Bonchev–Trinajstić information content (AvgIpc) is 2.99. The van der Waals surface area contributed by atoms with Crippen molar-refractivity contribution in [2.75, 3.05) is 21.0 Å². The van der Waals surface area contributed by atoms with Crippen molar-refractivity contribution in [1.82, 2.24) is 0 Å². The lowest BCUT2D eigenvalue weighted by molar-refractivity contribution is 0.174. The molecule has 0 bridgehead atoms. The fourth-order valence-corrected chi connectivity index (χ4v) is 2.71. The average molecular weight is 302 g/mol. The van der Waals surface area contributed by atoms with E-state index in [1.54, 1.807) is 26.4 Å². The van der Waals surface area contributed by atoms with Gasteiger partial charge in [-0.15, -0.1) is 0 Å². The summed E-state index contributed by atoms with van der Waals surface area (Å²) in [5.74, 6) is 2.59. The maximum absolute atomic E-state index is 10.3. The second kappa shape index (κ2) is 5.67. The van der Waals surface area contributed by atoms with E-state index in [0.717, 1.165) is 11.1 Å². The van der Waals surface area contributed by atoms with Gasteiger partial charge in [-0.25, -0.2) is 0 Å². The van der Waals surface area contributed by atoms with Crippen LogP contribution in [0.4, 0.5) is 0 Å². The smallest absolute Gasteiger partial charge is 0.231 e. The predicted octanol–water partition coefficient (Wildman–Crippen LogP) is 3.29. The molecule has 0 fully saturated rings. The molecule has 22 heavy (non-hydrogen) atoms. The number of phenolic OH excluding ortho intramolecular Hbond substituents is 1. The number of hydrogen-bond acceptors (Lipinski definition) is 5. The molecule has 5 heteroatoms. The van der Waals surface area contributed by atoms with Crippen LogP contribution in [0.5, 0.6) is 28.7 Å². The van der Waals surface area contributed by atoms with Crippen LogP contribution in [-0.2, 0) is 0 Å². The quantitative estimate of drug-likeness (QED) is 0.939.